The second kappa shape index (κ2) is 3.96. The van der Waals surface area contributed by atoms with Gasteiger partial charge in [-0.05, 0) is 19.2 Å². The zero-order valence-corrected chi connectivity index (χ0v) is 9.23. The van der Waals surface area contributed by atoms with Gasteiger partial charge in [0.1, 0.15) is 0 Å². The monoisotopic (exact) mass is 203 g/mol. The summed E-state index contributed by atoms with van der Waals surface area (Å²) in [6, 6.07) is 0. The second-order valence-corrected chi connectivity index (χ2v) is 2.97. The molecule has 0 spiro atoms. The molecule has 0 atom stereocenters. The molecule has 0 N–H and O–H groups in total. The zero-order chi connectivity index (χ0) is 10.8. The van der Waals surface area contributed by atoms with Gasteiger partial charge in [-0.25, -0.2) is 0 Å². The number of ether oxygens (including phenoxy) is 4. The first-order valence-corrected chi connectivity index (χ1v) is 4.25. The van der Waals surface area contributed by atoms with Gasteiger partial charge < -0.3 is 18.9 Å². The van der Waals surface area contributed by atoms with Crippen molar-refractivity contribution < 1.29 is 18.9 Å². The molecular weight excluding hydrogens is 186 g/mol. The van der Waals surface area contributed by atoms with Crippen molar-refractivity contribution >= 4 is 0 Å². The molecule has 1 rings (SSSR count). The van der Waals surface area contributed by atoms with E-state index in [9.17, 15) is 0 Å². The van der Waals surface area contributed by atoms with Gasteiger partial charge in [-0.1, -0.05) is 0 Å². The molecule has 0 unspecified atom stereocenters. The highest BCUT2D eigenvalue weighted by molar-refractivity contribution is 5.12. The van der Waals surface area contributed by atoms with Crippen LogP contribution in [0.25, 0.3) is 0 Å². The summed E-state index contributed by atoms with van der Waals surface area (Å²) in [6.45, 7) is 0. The lowest BCUT2D eigenvalue weighted by atomic mass is 10.4. The van der Waals surface area contributed by atoms with E-state index >= 15 is 0 Å². The maximum Gasteiger partial charge on any atom is 0.254 e. The van der Waals surface area contributed by atoms with Crippen LogP contribution in [-0.2, 0) is 18.9 Å². The Bertz CT molecular complexity index is 199. The Kier molecular flexibility index (Phi) is 3.28. The normalized spacial score (nSPS) is 24.4. The van der Waals surface area contributed by atoms with Crippen molar-refractivity contribution in [3.05, 3.63) is 12.2 Å². The van der Waals surface area contributed by atoms with E-state index in [-0.39, 0.29) is 0 Å². The molecule has 1 aliphatic heterocycles. The van der Waals surface area contributed by atoms with Gasteiger partial charge in [0.15, 0.2) is 0 Å². The summed E-state index contributed by atoms with van der Waals surface area (Å²) in [5, 5.41) is 0. The summed E-state index contributed by atoms with van der Waals surface area (Å²) in [7, 11) is 8.04. The van der Waals surface area contributed by atoms with E-state index in [0.717, 1.165) is 0 Å². The molecule has 0 aliphatic carbocycles. The lowest BCUT2D eigenvalue weighted by Gasteiger charge is -2.40. The van der Waals surface area contributed by atoms with Crippen molar-refractivity contribution in [2.24, 2.45) is 0 Å². The topological polar surface area (TPSA) is 40.2 Å². The molecule has 0 aromatic heterocycles. The maximum atomic E-state index is 5.28. The van der Waals surface area contributed by atoms with Crippen molar-refractivity contribution in [1.82, 2.24) is 4.90 Å². The van der Waals surface area contributed by atoms with E-state index < -0.39 is 11.8 Å². The Morgan fingerprint density at radius 3 is 1.21 bits per heavy atom. The highest BCUT2D eigenvalue weighted by Gasteiger charge is 2.51. The molecule has 0 fully saturated rings. The van der Waals surface area contributed by atoms with Crippen LogP contribution in [0.2, 0.25) is 0 Å². The quantitative estimate of drug-likeness (QED) is 0.488. The molecule has 5 nitrogen and oxygen atoms in total. The van der Waals surface area contributed by atoms with Crippen LogP contribution in [0, 0.1) is 0 Å². The van der Waals surface area contributed by atoms with Crippen LogP contribution in [-0.4, -0.2) is 52.2 Å². The summed E-state index contributed by atoms with van der Waals surface area (Å²) in [4.78, 5) is 1.71. The van der Waals surface area contributed by atoms with Gasteiger partial charge in [0.05, 0.1) is 0 Å². The minimum absolute atomic E-state index is 0.925. The van der Waals surface area contributed by atoms with Crippen LogP contribution in [0.1, 0.15) is 0 Å². The smallest absolute Gasteiger partial charge is 0.254 e. The van der Waals surface area contributed by atoms with E-state index in [1.54, 1.807) is 52.5 Å². The summed E-state index contributed by atoms with van der Waals surface area (Å²) < 4.78 is 21.1. The first-order chi connectivity index (χ1) is 6.60. The third-order valence-corrected chi connectivity index (χ3v) is 2.61. The Hall–Kier alpha value is -0.460. The van der Waals surface area contributed by atoms with E-state index in [2.05, 4.69) is 0 Å². The molecule has 0 saturated heterocycles. The molecule has 1 heterocycles. The number of rotatable bonds is 4. The standard InChI is InChI=1S/C9H17NO4/c1-10-8(11-2,12-3)6-7-9(10,13-4)14-5/h6-7H,1-5H3. The van der Waals surface area contributed by atoms with Crippen LogP contribution < -0.4 is 0 Å². The number of hydrogen-bond acceptors (Lipinski definition) is 5. The Balaban J connectivity index is 2.97. The summed E-state index contributed by atoms with van der Waals surface area (Å²) in [5.41, 5.74) is 0. The molecule has 14 heavy (non-hydrogen) atoms. The molecule has 82 valence electrons. The first-order valence-electron chi connectivity index (χ1n) is 4.25. The number of likely N-dealkylation sites (N-methyl/N-ethyl adjacent to an activating group) is 1. The molecule has 0 radical (unpaired) electrons. The largest absolute Gasteiger partial charge is 0.337 e. The SMILES string of the molecule is COC1(OC)C=CC(OC)(OC)N1C. The molecule has 0 saturated carbocycles. The fourth-order valence-electron chi connectivity index (χ4n) is 1.64. The molecule has 0 bridgehead atoms. The van der Waals surface area contributed by atoms with Gasteiger partial charge in [0, 0.05) is 28.4 Å². The Morgan fingerprint density at radius 1 is 0.786 bits per heavy atom. The Labute approximate surface area is 84.2 Å². The van der Waals surface area contributed by atoms with Crippen molar-refractivity contribution in [2.45, 2.75) is 11.8 Å². The highest BCUT2D eigenvalue weighted by atomic mass is 16.8. The van der Waals surface area contributed by atoms with Gasteiger partial charge in [0.25, 0.3) is 11.8 Å². The van der Waals surface area contributed by atoms with Gasteiger partial charge in [0.2, 0.25) is 0 Å². The van der Waals surface area contributed by atoms with Crippen LogP contribution >= 0.6 is 0 Å². The minimum atomic E-state index is -0.925. The number of hydrogen-bond donors (Lipinski definition) is 0. The van der Waals surface area contributed by atoms with Crippen LogP contribution in [0.5, 0.6) is 0 Å². The summed E-state index contributed by atoms with van der Waals surface area (Å²) >= 11 is 0. The number of nitrogens with zero attached hydrogens (tertiary/aromatic N) is 1. The Morgan fingerprint density at radius 2 is 1.07 bits per heavy atom. The average molecular weight is 203 g/mol. The summed E-state index contributed by atoms with van der Waals surface area (Å²) in [6.07, 6.45) is 3.50. The predicted octanol–water partition coefficient (Wildman–Crippen LogP) is 0.381. The van der Waals surface area contributed by atoms with Gasteiger partial charge in [-0.2, -0.15) is 4.90 Å². The molecule has 0 aromatic rings. The van der Waals surface area contributed by atoms with Gasteiger partial charge >= 0.3 is 0 Å². The highest BCUT2D eigenvalue weighted by Crippen LogP contribution is 2.35. The molecular formula is C9H17NO4. The first kappa shape index (κ1) is 11.6. The molecule has 5 heteroatoms. The molecule has 0 amide bonds. The van der Waals surface area contributed by atoms with Crippen LogP contribution in [0.4, 0.5) is 0 Å². The minimum Gasteiger partial charge on any atom is -0.337 e. The lowest BCUT2D eigenvalue weighted by Crippen LogP contribution is -2.56. The average Bonchev–Trinajstić information content (AvgIpc) is 2.53. The zero-order valence-electron chi connectivity index (χ0n) is 9.23. The van der Waals surface area contributed by atoms with Crippen molar-refractivity contribution in [2.75, 3.05) is 35.5 Å². The number of methoxy groups -OCH3 is 4. The van der Waals surface area contributed by atoms with Crippen molar-refractivity contribution in [3.8, 4) is 0 Å². The molecule has 0 aromatic carbocycles. The van der Waals surface area contributed by atoms with Crippen molar-refractivity contribution in [3.63, 3.8) is 0 Å². The van der Waals surface area contributed by atoms with E-state index in [1.807, 2.05) is 0 Å². The van der Waals surface area contributed by atoms with E-state index in [0.29, 0.717) is 0 Å². The maximum absolute atomic E-state index is 5.28. The summed E-state index contributed by atoms with van der Waals surface area (Å²) in [5.74, 6) is -1.85. The fraction of sp³-hybridized carbons (Fsp3) is 0.778. The van der Waals surface area contributed by atoms with E-state index in [1.165, 1.54) is 0 Å². The van der Waals surface area contributed by atoms with Crippen LogP contribution in [0.3, 0.4) is 0 Å². The fourth-order valence-corrected chi connectivity index (χ4v) is 1.64. The van der Waals surface area contributed by atoms with E-state index in [4.69, 9.17) is 18.9 Å². The third kappa shape index (κ3) is 1.37. The lowest BCUT2D eigenvalue weighted by molar-refractivity contribution is -0.350. The van der Waals surface area contributed by atoms with Crippen LogP contribution in [0.15, 0.2) is 12.2 Å². The van der Waals surface area contributed by atoms with Gasteiger partial charge in [-0.15, -0.1) is 0 Å². The van der Waals surface area contributed by atoms with Crippen molar-refractivity contribution in [1.29, 1.82) is 0 Å². The second-order valence-electron chi connectivity index (χ2n) is 2.97. The van der Waals surface area contributed by atoms with Gasteiger partial charge in [-0.3, -0.25) is 0 Å². The molecule has 1 aliphatic rings. The predicted molar refractivity (Wildman–Crippen MR) is 50.4 cm³/mol. The third-order valence-electron chi connectivity index (χ3n) is 2.61.